The van der Waals surface area contributed by atoms with E-state index in [9.17, 15) is 8.42 Å². The maximum atomic E-state index is 12.7. The van der Waals surface area contributed by atoms with Crippen LogP contribution in [0.15, 0.2) is 65.8 Å². The van der Waals surface area contributed by atoms with Gasteiger partial charge in [0.05, 0.1) is 11.5 Å². The summed E-state index contributed by atoms with van der Waals surface area (Å²) >= 11 is 0. The van der Waals surface area contributed by atoms with Crippen molar-refractivity contribution in [1.82, 2.24) is 9.97 Å². The summed E-state index contributed by atoms with van der Waals surface area (Å²) in [7, 11) is -3.78. The zero-order valence-corrected chi connectivity index (χ0v) is 14.4. The van der Waals surface area contributed by atoms with Gasteiger partial charge in [0.15, 0.2) is 5.82 Å². The molecule has 0 aliphatic carbocycles. The quantitative estimate of drug-likeness (QED) is 0.734. The van der Waals surface area contributed by atoms with Gasteiger partial charge in [-0.15, -0.1) is 0 Å². The Morgan fingerprint density at radius 2 is 1.68 bits per heavy atom. The first-order chi connectivity index (χ1) is 12.0. The lowest BCUT2D eigenvalue weighted by molar-refractivity contribution is 0.282. The Morgan fingerprint density at radius 3 is 2.36 bits per heavy atom. The Morgan fingerprint density at radius 1 is 1.00 bits per heavy atom. The summed E-state index contributed by atoms with van der Waals surface area (Å²) in [6.07, 6.45) is 2.93. The molecular weight excluding hydrogens is 338 g/mol. The largest absolute Gasteiger partial charge is 0.392 e. The number of hydrogen-bond donors (Lipinski definition) is 2. The number of hydrogen-bond acceptors (Lipinski definition) is 5. The Hall–Kier alpha value is -2.77. The number of nitrogens with zero attached hydrogens (tertiary/aromatic N) is 2. The number of aryl methyl sites for hydroxylation is 1. The molecule has 6 nitrogen and oxygen atoms in total. The molecule has 0 aliphatic rings. The molecule has 0 fully saturated rings. The maximum absolute atomic E-state index is 12.7. The number of anilines is 1. The molecule has 2 N–H and O–H groups in total. The second-order valence-corrected chi connectivity index (χ2v) is 7.13. The van der Waals surface area contributed by atoms with Gasteiger partial charge < -0.3 is 5.11 Å². The molecule has 1 aromatic heterocycles. The predicted molar refractivity (Wildman–Crippen MR) is 95.4 cm³/mol. The van der Waals surface area contributed by atoms with Crippen LogP contribution >= 0.6 is 0 Å². The minimum Gasteiger partial charge on any atom is -0.392 e. The SMILES string of the molecule is Cc1ccccc1S(=O)(=O)Nc1nccnc1-c1ccc(CO)cc1. The highest BCUT2D eigenvalue weighted by Gasteiger charge is 2.19. The molecule has 2 aromatic carbocycles. The monoisotopic (exact) mass is 355 g/mol. The van der Waals surface area contributed by atoms with Crippen LogP contribution in [0.5, 0.6) is 0 Å². The van der Waals surface area contributed by atoms with E-state index < -0.39 is 10.0 Å². The number of sulfonamides is 1. The lowest BCUT2D eigenvalue weighted by Crippen LogP contribution is -2.16. The molecule has 0 saturated heterocycles. The van der Waals surface area contributed by atoms with Crippen molar-refractivity contribution in [3.8, 4) is 11.3 Å². The molecule has 0 bridgehead atoms. The first-order valence-corrected chi connectivity index (χ1v) is 9.09. The second kappa shape index (κ2) is 7.00. The van der Waals surface area contributed by atoms with Crippen LogP contribution in [0.4, 0.5) is 5.82 Å². The highest BCUT2D eigenvalue weighted by molar-refractivity contribution is 7.92. The summed E-state index contributed by atoms with van der Waals surface area (Å²) in [5, 5.41) is 9.14. The van der Waals surface area contributed by atoms with Gasteiger partial charge in [-0.1, -0.05) is 42.5 Å². The molecule has 7 heteroatoms. The van der Waals surface area contributed by atoms with Gasteiger partial charge >= 0.3 is 0 Å². The third-order valence-corrected chi connectivity index (χ3v) is 5.22. The van der Waals surface area contributed by atoms with Crippen molar-refractivity contribution in [2.45, 2.75) is 18.4 Å². The van der Waals surface area contributed by atoms with Crippen molar-refractivity contribution < 1.29 is 13.5 Å². The Kier molecular flexibility index (Phi) is 4.78. The number of rotatable bonds is 5. The van der Waals surface area contributed by atoms with E-state index in [2.05, 4.69) is 14.7 Å². The van der Waals surface area contributed by atoms with Crippen LogP contribution in [0.2, 0.25) is 0 Å². The van der Waals surface area contributed by atoms with Crippen molar-refractivity contribution in [2.24, 2.45) is 0 Å². The van der Waals surface area contributed by atoms with Crippen LogP contribution in [-0.2, 0) is 16.6 Å². The van der Waals surface area contributed by atoms with Crippen LogP contribution in [-0.4, -0.2) is 23.5 Å². The van der Waals surface area contributed by atoms with Crippen LogP contribution < -0.4 is 4.72 Å². The number of benzene rings is 2. The summed E-state index contributed by atoms with van der Waals surface area (Å²) < 4.78 is 27.9. The number of aliphatic hydroxyl groups excluding tert-OH is 1. The zero-order valence-electron chi connectivity index (χ0n) is 13.5. The van der Waals surface area contributed by atoms with E-state index >= 15 is 0 Å². The fourth-order valence-electron chi connectivity index (χ4n) is 2.43. The average Bonchev–Trinajstić information content (AvgIpc) is 2.62. The minimum atomic E-state index is -3.78. The second-order valence-electron chi connectivity index (χ2n) is 5.48. The fourth-order valence-corrected chi connectivity index (χ4v) is 3.70. The summed E-state index contributed by atoms with van der Waals surface area (Å²) in [6.45, 7) is 1.67. The summed E-state index contributed by atoms with van der Waals surface area (Å²) in [4.78, 5) is 8.59. The first kappa shape index (κ1) is 17.1. The molecule has 0 spiro atoms. The molecule has 3 rings (SSSR count). The van der Waals surface area contributed by atoms with Crippen LogP contribution in [0, 0.1) is 6.92 Å². The molecule has 0 amide bonds. The van der Waals surface area contributed by atoms with Crippen LogP contribution in [0.1, 0.15) is 11.1 Å². The van der Waals surface area contributed by atoms with Crippen molar-refractivity contribution in [2.75, 3.05) is 4.72 Å². The summed E-state index contributed by atoms with van der Waals surface area (Å²) in [6, 6.07) is 13.8. The Bertz CT molecular complexity index is 986. The fraction of sp³-hybridized carbons (Fsp3) is 0.111. The van der Waals surface area contributed by atoms with E-state index in [4.69, 9.17) is 5.11 Å². The van der Waals surface area contributed by atoms with E-state index in [1.54, 1.807) is 55.5 Å². The third-order valence-electron chi connectivity index (χ3n) is 3.72. The predicted octanol–water partition coefficient (Wildman–Crippen LogP) is 2.75. The van der Waals surface area contributed by atoms with Crippen molar-refractivity contribution >= 4 is 15.8 Å². The topological polar surface area (TPSA) is 92.2 Å². The summed E-state index contributed by atoms with van der Waals surface area (Å²) in [5.74, 6) is 0.155. The van der Waals surface area contributed by atoms with E-state index in [-0.39, 0.29) is 17.3 Å². The molecule has 25 heavy (non-hydrogen) atoms. The standard InChI is InChI=1S/C18H17N3O3S/c1-13-4-2-3-5-16(13)25(23,24)21-18-17(19-10-11-20-18)15-8-6-14(12-22)7-9-15/h2-11,22H,12H2,1H3,(H,20,21). The highest BCUT2D eigenvalue weighted by Crippen LogP contribution is 2.26. The lowest BCUT2D eigenvalue weighted by atomic mass is 10.1. The van der Waals surface area contributed by atoms with Gasteiger partial charge in [-0.25, -0.2) is 13.4 Å². The smallest absolute Gasteiger partial charge is 0.263 e. The molecule has 0 saturated carbocycles. The number of aromatic nitrogens is 2. The van der Waals surface area contributed by atoms with E-state index in [1.165, 1.54) is 12.4 Å². The average molecular weight is 355 g/mol. The van der Waals surface area contributed by atoms with E-state index in [0.29, 0.717) is 16.8 Å². The van der Waals surface area contributed by atoms with Gasteiger partial charge in [-0.2, -0.15) is 0 Å². The minimum absolute atomic E-state index is 0.0620. The van der Waals surface area contributed by atoms with E-state index in [1.807, 2.05) is 0 Å². The molecule has 128 valence electrons. The number of nitrogens with one attached hydrogen (secondary N) is 1. The van der Waals surface area contributed by atoms with Crippen molar-refractivity contribution in [1.29, 1.82) is 0 Å². The van der Waals surface area contributed by atoms with Crippen LogP contribution in [0.3, 0.4) is 0 Å². The molecule has 0 radical (unpaired) electrons. The van der Waals surface area contributed by atoms with Gasteiger partial charge in [0, 0.05) is 18.0 Å². The molecule has 0 atom stereocenters. The van der Waals surface area contributed by atoms with Crippen molar-refractivity contribution in [3.63, 3.8) is 0 Å². The van der Waals surface area contributed by atoms with E-state index in [0.717, 1.165) is 5.56 Å². The van der Waals surface area contributed by atoms with Gasteiger partial charge in [0.2, 0.25) is 0 Å². The Balaban J connectivity index is 2.00. The normalized spacial score (nSPS) is 11.3. The van der Waals surface area contributed by atoms with Gasteiger partial charge in [0.25, 0.3) is 10.0 Å². The maximum Gasteiger partial charge on any atom is 0.263 e. The molecule has 3 aromatic rings. The Labute approximate surface area is 146 Å². The third kappa shape index (κ3) is 3.67. The van der Waals surface area contributed by atoms with Gasteiger partial charge in [-0.05, 0) is 24.1 Å². The molecule has 1 heterocycles. The van der Waals surface area contributed by atoms with Gasteiger partial charge in [0.1, 0.15) is 5.69 Å². The summed E-state index contributed by atoms with van der Waals surface area (Å²) in [5.41, 5.74) is 2.53. The highest BCUT2D eigenvalue weighted by atomic mass is 32.2. The first-order valence-electron chi connectivity index (χ1n) is 7.61. The lowest BCUT2D eigenvalue weighted by Gasteiger charge is -2.12. The zero-order chi connectivity index (χ0) is 17.9. The number of aliphatic hydroxyl groups is 1. The van der Waals surface area contributed by atoms with Gasteiger partial charge in [-0.3, -0.25) is 9.71 Å². The molecule has 0 aliphatic heterocycles. The molecular formula is C18H17N3O3S. The van der Waals surface area contributed by atoms with Crippen molar-refractivity contribution in [3.05, 3.63) is 72.1 Å². The molecule has 0 unspecified atom stereocenters. The van der Waals surface area contributed by atoms with Crippen LogP contribution in [0.25, 0.3) is 11.3 Å².